The number of hydrogen-bond acceptors (Lipinski definition) is 6. The third-order valence-electron chi connectivity index (χ3n) is 5.34. The van der Waals surface area contributed by atoms with Crippen LogP contribution in [0.2, 0.25) is 0 Å². The molecule has 0 aliphatic heterocycles. The van der Waals surface area contributed by atoms with Crippen molar-refractivity contribution in [3.05, 3.63) is 54.7 Å². The van der Waals surface area contributed by atoms with Gasteiger partial charge in [-0.2, -0.15) is 0 Å². The maximum absolute atomic E-state index is 5.38. The second-order valence-corrected chi connectivity index (χ2v) is 7.35. The average molecular weight is 375 g/mol. The third kappa shape index (κ3) is 4.02. The lowest BCUT2D eigenvalue weighted by Gasteiger charge is -2.21. The highest BCUT2D eigenvalue weighted by Crippen LogP contribution is 2.32. The van der Waals surface area contributed by atoms with Crippen molar-refractivity contribution in [1.82, 2.24) is 19.9 Å². The number of ether oxygens (including phenoxy) is 1. The van der Waals surface area contributed by atoms with Crippen LogP contribution in [0.5, 0.6) is 0 Å². The zero-order valence-electron chi connectivity index (χ0n) is 16.3. The molecule has 144 valence electrons. The highest BCUT2D eigenvalue weighted by molar-refractivity contribution is 5.80. The summed E-state index contributed by atoms with van der Waals surface area (Å²) in [6.45, 7) is 2.85. The molecule has 1 aliphatic rings. The van der Waals surface area contributed by atoms with Crippen molar-refractivity contribution in [3.63, 3.8) is 0 Å². The van der Waals surface area contributed by atoms with Crippen LogP contribution >= 0.6 is 0 Å². The van der Waals surface area contributed by atoms with E-state index in [0.29, 0.717) is 17.9 Å². The Labute approximate surface area is 165 Å². The number of benzene rings is 1. The molecule has 0 unspecified atom stereocenters. The number of aryl methyl sites for hydroxylation is 1. The van der Waals surface area contributed by atoms with Crippen molar-refractivity contribution in [1.29, 1.82) is 0 Å². The Morgan fingerprint density at radius 2 is 1.82 bits per heavy atom. The lowest BCUT2D eigenvalue weighted by Crippen LogP contribution is -2.28. The van der Waals surface area contributed by atoms with Crippen molar-refractivity contribution in [3.8, 4) is 22.4 Å². The quantitative estimate of drug-likeness (QED) is 0.698. The molecular weight excluding hydrogens is 350 g/mol. The van der Waals surface area contributed by atoms with Gasteiger partial charge >= 0.3 is 0 Å². The summed E-state index contributed by atoms with van der Waals surface area (Å²) in [7, 11) is 1.76. The maximum Gasteiger partial charge on any atom is 0.223 e. The molecule has 2 aromatic heterocycles. The first-order valence-electron chi connectivity index (χ1n) is 9.69. The molecule has 28 heavy (non-hydrogen) atoms. The molecule has 1 saturated carbocycles. The average Bonchev–Trinajstić information content (AvgIpc) is 3.16. The lowest BCUT2D eigenvalue weighted by molar-refractivity contribution is 0.150. The van der Waals surface area contributed by atoms with Crippen LogP contribution < -0.4 is 5.32 Å². The Kier molecular flexibility index (Phi) is 5.58. The van der Waals surface area contributed by atoms with E-state index < -0.39 is 0 Å². The van der Waals surface area contributed by atoms with Crippen LogP contribution in [0.25, 0.3) is 22.4 Å². The Morgan fingerprint density at radius 1 is 1.04 bits per heavy atom. The second-order valence-electron chi connectivity index (χ2n) is 7.35. The first-order chi connectivity index (χ1) is 13.7. The van der Waals surface area contributed by atoms with E-state index in [1.165, 1.54) is 24.7 Å². The number of hydrogen-bond donors (Lipinski definition) is 1. The van der Waals surface area contributed by atoms with Crippen LogP contribution in [0, 0.1) is 12.8 Å². The number of rotatable bonds is 6. The molecule has 1 fully saturated rings. The van der Waals surface area contributed by atoms with Crippen LogP contribution in [0.3, 0.4) is 0 Å². The Morgan fingerprint density at radius 3 is 2.57 bits per heavy atom. The van der Waals surface area contributed by atoms with E-state index in [1.54, 1.807) is 19.5 Å². The fraction of sp³-hybridized carbons (Fsp3) is 0.364. The molecule has 0 bridgehead atoms. The van der Waals surface area contributed by atoms with Crippen LogP contribution in [-0.4, -0.2) is 39.7 Å². The molecule has 2 heterocycles. The summed E-state index contributed by atoms with van der Waals surface area (Å²) in [5.74, 6) is 1.16. The number of aromatic nitrogens is 4. The van der Waals surface area contributed by atoms with Gasteiger partial charge in [0.25, 0.3) is 0 Å². The van der Waals surface area contributed by atoms with E-state index in [0.717, 1.165) is 35.4 Å². The fourth-order valence-electron chi connectivity index (χ4n) is 3.84. The van der Waals surface area contributed by atoms with Crippen LogP contribution in [-0.2, 0) is 4.74 Å². The highest BCUT2D eigenvalue weighted by atomic mass is 16.5. The van der Waals surface area contributed by atoms with Gasteiger partial charge in [-0.25, -0.2) is 19.9 Å². The van der Waals surface area contributed by atoms with Gasteiger partial charge in [0.05, 0.1) is 12.3 Å². The first-order valence-corrected chi connectivity index (χ1v) is 9.69. The largest absolute Gasteiger partial charge is 0.384 e. The number of anilines is 1. The fourth-order valence-corrected chi connectivity index (χ4v) is 3.84. The van der Waals surface area contributed by atoms with Crippen LogP contribution in [0.15, 0.2) is 49.2 Å². The van der Waals surface area contributed by atoms with Crippen LogP contribution in [0.4, 0.5) is 5.95 Å². The van der Waals surface area contributed by atoms with Gasteiger partial charge < -0.3 is 10.1 Å². The summed E-state index contributed by atoms with van der Waals surface area (Å²) < 4.78 is 5.38. The van der Waals surface area contributed by atoms with E-state index in [4.69, 9.17) is 9.72 Å². The van der Waals surface area contributed by atoms with Crippen molar-refractivity contribution < 1.29 is 4.74 Å². The lowest BCUT2D eigenvalue weighted by atomic mass is 10.0. The van der Waals surface area contributed by atoms with Crippen molar-refractivity contribution in [2.45, 2.75) is 32.2 Å². The molecule has 6 nitrogen and oxygen atoms in total. The molecule has 0 spiro atoms. The standard InChI is InChI=1S/C22H25N5O/c1-15-6-8-16(9-7-15)21-19(18-10-23-14-24-11-18)12-25-22(27-21)26-20-5-3-4-17(20)13-28-2/h6-12,14,17,20H,3-5,13H2,1-2H3,(H,25,26,27)/t17-,20-/m0/s1. The summed E-state index contributed by atoms with van der Waals surface area (Å²) in [6.07, 6.45) is 10.5. The summed E-state index contributed by atoms with van der Waals surface area (Å²) in [6, 6.07) is 8.73. The zero-order chi connectivity index (χ0) is 19.3. The topological polar surface area (TPSA) is 72.8 Å². The molecule has 0 saturated heterocycles. The van der Waals surface area contributed by atoms with E-state index in [2.05, 4.69) is 51.5 Å². The van der Waals surface area contributed by atoms with E-state index in [-0.39, 0.29) is 0 Å². The molecule has 0 amide bonds. The number of nitrogens with one attached hydrogen (secondary N) is 1. The zero-order valence-corrected chi connectivity index (χ0v) is 16.3. The van der Waals surface area contributed by atoms with E-state index >= 15 is 0 Å². The summed E-state index contributed by atoms with van der Waals surface area (Å²) in [5, 5.41) is 3.54. The van der Waals surface area contributed by atoms with Gasteiger partial charge in [0.1, 0.15) is 6.33 Å². The Balaban J connectivity index is 1.70. The molecule has 1 aliphatic carbocycles. The van der Waals surface area contributed by atoms with Gasteiger partial charge in [0, 0.05) is 54.4 Å². The third-order valence-corrected chi connectivity index (χ3v) is 5.34. The summed E-state index contributed by atoms with van der Waals surface area (Å²) >= 11 is 0. The first kappa shape index (κ1) is 18.5. The van der Waals surface area contributed by atoms with Gasteiger partial charge in [-0.15, -0.1) is 0 Å². The molecule has 4 rings (SSSR count). The monoisotopic (exact) mass is 375 g/mol. The van der Waals surface area contributed by atoms with Gasteiger partial charge in [0.15, 0.2) is 0 Å². The molecule has 0 radical (unpaired) electrons. The Bertz CT molecular complexity index is 914. The molecule has 2 atom stereocenters. The van der Waals surface area contributed by atoms with E-state index in [9.17, 15) is 0 Å². The predicted molar refractivity (Wildman–Crippen MR) is 110 cm³/mol. The summed E-state index contributed by atoms with van der Waals surface area (Å²) in [4.78, 5) is 17.8. The summed E-state index contributed by atoms with van der Waals surface area (Å²) in [5.41, 5.74) is 4.98. The van der Waals surface area contributed by atoms with Gasteiger partial charge in [-0.1, -0.05) is 36.2 Å². The van der Waals surface area contributed by atoms with Crippen molar-refractivity contribution in [2.75, 3.05) is 19.0 Å². The number of methoxy groups -OCH3 is 1. The molecule has 6 heteroatoms. The molecule has 1 aromatic carbocycles. The highest BCUT2D eigenvalue weighted by Gasteiger charge is 2.28. The van der Waals surface area contributed by atoms with Crippen molar-refractivity contribution >= 4 is 5.95 Å². The van der Waals surface area contributed by atoms with E-state index in [1.807, 2.05) is 6.20 Å². The van der Waals surface area contributed by atoms with Gasteiger partial charge in [-0.05, 0) is 19.8 Å². The minimum Gasteiger partial charge on any atom is -0.384 e. The van der Waals surface area contributed by atoms with Gasteiger partial charge in [0.2, 0.25) is 5.95 Å². The minimum absolute atomic E-state index is 0.344. The number of nitrogens with zero attached hydrogens (tertiary/aromatic N) is 4. The molecular formula is C22H25N5O. The smallest absolute Gasteiger partial charge is 0.223 e. The molecule has 1 N–H and O–H groups in total. The normalized spacial score (nSPS) is 18.9. The SMILES string of the molecule is COC[C@@H]1CCC[C@@H]1Nc1ncc(-c2cncnc2)c(-c2ccc(C)cc2)n1. The second kappa shape index (κ2) is 8.44. The maximum atomic E-state index is 5.38. The predicted octanol–water partition coefficient (Wildman–Crippen LogP) is 4.14. The van der Waals surface area contributed by atoms with Gasteiger partial charge in [-0.3, -0.25) is 0 Å². The van der Waals surface area contributed by atoms with Crippen molar-refractivity contribution in [2.24, 2.45) is 5.92 Å². The Hall–Kier alpha value is -2.86. The molecule has 3 aromatic rings. The minimum atomic E-state index is 0.344. The van der Waals surface area contributed by atoms with Crippen LogP contribution in [0.1, 0.15) is 24.8 Å².